The molecule has 1 aromatic heterocycles. The van der Waals surface area contributed by atoms with Crippen molar-refractivity contribution in [3.05, 3.63) is 51.5 Å². The van der Waals surface area contributed by atoms with E-state index in [4.69, 9.17) is 14.5 Å². The molecule has 0 N–H and O–H groups in total. The smallest absolute Gasteiger partial charge is 0.231 e. The molecule has 1 aliphatic heterocycles. The summed E-state index contributed by atoms with van der Waals surface area (Å²) in [5.74, 6) is 2.12. The van der Waals surface area contributed by atoms with Gasteiger partial charge < -0.3 is 9.47 Å². The normalized spacial score (nSPS) is 15.1. The lowest BCUT2D eigenvalue weighted by Crippen LogP contribution is -1.98. The minimum absolute atomic E-state index is 0.284. The van der Waals surface area contributed by atoms with Crippen LogP contribution in [0.2, 0.25) is 0 Å². The Morgan fingerprint density at radius 1 is 1.00 bits per heavy atom. The zero-order valence-corrected chi connectivity index (χ0v) is 16.5. The predicted molar refractivity (Wildman–Crippen MR) is 107 cm³/mol. The SMILES string of the molecule is CC(C)c1ccc2nc(-c3cc4c(cc3Br)OCO4)c3c(c2c1)CCC3. The molecule has 3 aromatic rings. The highest BCUT2D eigenvalue weighted by Crippen LogP contribution is 2.44. The maximum atomic E-state index is 5.59. The van der Waals surface area contributed by atoms with Crippen LogP contribution in [0.25, 0.3) is 22.2 Å². The molecule has 0 amide bonds. The van der Waals surface area contributed by atoms with Gasteiger partial charge in [-0.1, -0.05) is 19.9 Å². The molecule has 0 saturated carbocycles. The van der Waals surface area contributed by atoms with Gasteiger partial charge in [-0.05, 0) is 82.1 Å². The van der Waals surface area contributed by atoms with Gasteiger partial charge in [0.15, 0.2) is 11.5 Å². The van der Waals surface area contributed by atoms with Gasteiger partial charge >= 0.3 is 0 Å². The number of hydrogen-bond acceptors (Lipinski definition) is 3. The highest BCUT2D eigenvalue weighted by molar-refractivity contribution is 9.10. The van der Waals surface area contributed by atoms with Crippen molar-refractivity contribution in [2.45, 2.75) is 39.0 Å². The van der Waals surface area contributed by atoms with Gasteiger partial charge in [0.1, 0.15) is 0 Å². The van der Waals surface area contributed by atoms with E-state index in [2.05, 4.69) is 54.0 Å². The van der Waals surface area contributed by atoms with Gasteiger partial charge in [0.2, 0.25) is 6.79 Å². The van der Waals surface area contributed by atoms with E-state index >= 15 is 0 Å². The van der Waals surface area contributed by atoms with Crippen LogP contribution in [0.1, 0.15) is 42.9 Å². The van der Waals surface area contributed by atoms with Crippen LogP contribution in [0.5, 0.6) is 11.5 Å². The summed E-state index contributed by atoms with van der Waals surface area (Å²) in [4.78, 5) is 5.08. The third-order valence-electron chi connectivity index (χ3n) is 5.47. The van der Waals surface area contributed by atoms with Crippen molar-refractivity contribution in [1.29, 1.82) is 0 Å². The maximum Gasteiger partial charge on any atom is 0.231 e. The number of aryl methyl sites for hydroxylation is 1. The number of benzene rings is 2. The zero-order valence-electron chi connectivity index (χ0n) is 14.9. The third-order valence-corrected chi connectivity index (χ3v) is 6.12. The van der Waals surface area contributed by atoms with E-state index in [1.165, 1.54) is 28.5 Å². The van der Waals surface area contributed by atoms with Crippen LogP contribution in [-0.2, 0) is 12.8 Å². The summed E-state index contributed by atoms with van der Waals surface area (Å²) in [6.07, 6.45) is 3.41. The summed E-state index contributed by atoms with van der Waals surface area (Å²) in [7, 11) is 0. The van der Waals surface area contributed by atoms with Crippen molar-refractivity contribution in [3.8, 4) is 22.8 Å². The average Bonchev–Trinajstić information content (AvgIpc) is 3.29. The summed E-state index contributed by atoms with van der Waals surface area (Å²) >= 11 is 3.71. The molecule has 0 radical (unpaired) electrons. The molecule has 0 spiro atoms. The molecule has 26 heavy (non-hydrogen) atoms. The van der Waals surface area contributed by atoms with Crippen molar-refractivity contribution >= 4 is 26.8 Å². The molecule has 2 aromatic carbocycles. The lowest BCUT2D eigenvalue weighted by Gasteiger charge is -2.15. The fourth-order valence-corrected chi connectivity index (χ4v) is 4.57. The van der Waals surface area contributed by atoms with Crippen LogP contribution >= 0.6 is 15.9 Å². The molecule has 0 atom stereocenters. The number of rotatable bonds is 2. The molecule has 3 nitrogen and oxygen atoms in total. The largest absolute Gasteiger partial charge is 0.454 e. The Morgan fingerprint density at radius 3 is 2.58 bits per heavy atom. The number of hydrogen-bond donors (Lipinski definition) is 0. The first-order chi connectivity index (χ1) is 12.6. The second kappa shape index (κ2) is 5.98. The average molecular weight is 410 g/mol. The number of ether oxygens (including phenoxy) is 2. The number of nitrogens with zero attached hydrogens (tertiary/aromatic N) is 1. The van der Waals surface area contributed by atoms with Crippen LogP contribution in [0.3, 0.4) is 0 Å². The lowest BCUT2D eigenvalue weighted by molar-refractivity contribution is 0.174. The summed E-state index contributed by atoms with van der Waals surface area (Å²) < 4.78 is 12.1. The summed E-state index contributed by atoms with van der Waals surface area (Å²) in [5.41, 5.74) is 7.48. The fourth-order valence-electron chi connectivity index (χ4n) is 4.06. The van der Waals surface area contributed by atoms with Crippen molar-refractivity contribution in [1.82, 2.24) is 4.98 Å². The minimum Gasteiger partial charge on any atom is -0.454 e. The number of halogens is 1. The molecule has 132 valence electrons. The Balaban J connectivity index is 1.76. The molecule has 0 saturated heterocycles. The number of pyridine rings is 1. The van der Waals surface area contributed by atoms with Crippen molar-refractivity contribution in [2.24, 2.45) is 0 Å². The van der Waals surface area contributed by atoms with Crippen LogP contribution in [0.4, 0.5) is 0 Å². The highest BCUT2D eigenvalue weighted by atomic mass is 79.9. The second-order valence-electron chi connectivity index (χ2n) is 7.39. The Bertz CT molecular complexity index is 1040. The first-order valence-electron chi connectivity index (χ1n) is 9.17. The van der Waals surface area contributed by atoms with E-state index in [9.17, 15) is 0 Å². The first-order valence-corrected chi connectivity index (χ1v) is 9.96. The van der Waals surface area contributed by atoms with Crippen LogP contribution in [-0.4, -0.2) is 11.8 Å². The van der Waals surface area contributed by atoms with E-state index in [-0.39, 0.29) is 6.79 Å². The third kappa shape index (κ3) is 2.43. The molecular weight excluding hydrogens is 390 g/mol. The van der Waals surface area contributed by atoms with Gasteiger partial charge in [-0.2, -0.15) is 0 Å². The van der Waals surface area contributed by atoms with E-state index in [0.717, 1.165) is 45.6 Å². The summed E-state index contributed by atoms with van der Waals surface area (Å²) in [5, 5.41) is 1.32. The molecule has 1 aliphatic carbocycles. The van der Waals surface area contributed by atoms with Gasteiger partial charge in [0.05, 0.1) is 11.2 Å². The van der Waals surface area contributed by atoms with Gasteiger partial charge in [-0.3, -0.25) is 0 Å². The molecular formula is C22H20BrNO2. The van der Waals surface area contributed by atoms with Gasteiger partial charge in [0.25, 0.3) is 0 Å². The van der Waals surface area contributed by atoms with Gasteiger partial charge in [0, 0.05) is 15.4 Å². The molecule has 0 unspecified atom stereocenters. The van der Waals surface area contributed by atoms with Gasteiger partial charge in [-0.15, -0.1) is 0 Å². The summed E-state index contributed by atoms with van der Waals surface area (Å²) in [6.45, 7) is 4.77. The number of aromatic nitrogens is 1. The first kappa shape index (κ1) is 16.1. The van der Waals surface area contributed by atoms with Crippen LogP contribution in [0.15, 0.2) is 34.8 Å². The molecule has 5 rings (SSSR count). The lowest BCUT2D eigenvalue weighted by atomic mass is 9.95. The topological polar surface area (TPSA) is 31.4 Å². The molecule has 2 heterocycles. The quantitative estimate of drug-likeness (QED) is 0.519. The van der Waals surface area contributed by atoms with Gasteiger partial charge in [-0.25, -0.2) is 4.98 Å². The molecule has 2 aliphatic rings. The fraction of sp³-hybridized carbons (Fsp3) is 0.318. The number of fused-ring (bicyclic) bond motifs is 4. The van der Waals surface area contributed by atoms with E-state index in [1.807, 2.05) is 6.07 Å². The van der Waals surface area contributed by atoms with Crippen LogP contribution in [0, 0.1) is 0 Å². The van der Waals surface area contributed by atoms with E-state index < -0.39 is 0 Å². The Labute approximate surface area is 161 Å². The Hall–Kier alpha value is -2.07. The van der Waals surface area contributed by atoms with Crippen LogP contribution < -0.4 is 9.47 Å². The predicted octanol–water partition coefficient (Wildman–Crippen LogP) is 6.01. The van der Waals surface area contributed by atoms with Crippen molar-refractivity contribution < 1.29 is 9.47 Å². The van der Waals surface area contributed by atoms with Crippen molar-refractivity contribution in [2.75, 3.05) is 6.79 Å². The monoisotopic (exact) mass is 409 g/mol. The summed E-state index contributed by atoms with van der Waals surface area (Å²) in [6, 6.07) is 10.8. The van der Waals surface area contributed by atoms with Crippen molar-refractivity contribution in [3.63, 3.8) is 0 Å². The minimum atomic E-state index is 0.284. The zero-order chi connectivity index (χ0) is 17.8. The second-order valence-corrected chi connectivity index (χ2v) is 8.24. The van der Waals surface area contributed by atoms with E-state index in [0.29, 0.717) is 5.92 Å². The Morgan fingerprint density at radius 2 is 1.77 bits per heavy atom. The van der Waals surface area contributed by atoms with E-state index in [1.54, 1.807) is 0 Å². The Kier molecular flexibility index (Phi) is 3.71. The highest BCUT2D eigenvalue weighted by Gasteiger charge is 2.24. The molecule has 0 fully saturated rings. The molecule has 0 bridgehead atoms. The molecule has 4 heteroatoms. The standard InChI is InChI=1S/C22H20BrNO2/c1-12(2)13-6-7-19-16(8-13)14-4-3-5-15(14)22(24-19)17-9-20-21(10-18(17)23)26-11-25-20/h6-10,12H,3-5,11H2,1-2H3. The maximum absolute atomic E-state index is 5.59.